The fourth-order valence-corrected chi connectivity index (χ4v) is 2.86. The van der Waals surface area contributed by atoms with Crippen LogP contribution in [0.3, 0.4) is 0 Å². The van der Waals surface area contributed by atoms with Crippen molar-refractivity contribution in [1.29, 1.82) is 0 Å². The van der Waals surface area contributed by atoms with Crippen LogP contribution in [0, 0.1) is 11.8 Å². The molecule has 0 spiro atoms. The predicted octanol–water partition coefficient (Wildman–Crippen LogP) is 2.18. The highest BCUT2D eigenvalue weighted by atomic mass is 32.1. The zero-order valence-electron chi connectivity index (χ0n) is 8.38. The van der Waals surface area contributed by atoms with Gasteiger partial charge in [0, 0.05) is 9.75 Å². The monoisotopic (exact) mass is 250 g/mol. The summed E-state index contributed by atoms with van der Waals surface area (Å²) < 4.78 is 0. The highest BCUT2D eigenvalue weighted by Gasteiger charge is 2.02. The molecule has 2 aromatic heterocycles. The maximum absolute atomic E-state index is 9.09. The summed E-state index contributed by atoms with van der Waals surface area (Å²) in [7, 11) is 0. The van der Waals surface area contributed by atoms with Gasteiger partial charge in [-0.15, -0.1) is 22.7 Å². The summed E-state index contributed by atoms with van der Waals surface area (Å²) in [5.74, 6) is 5.42. The first kappa shape index (κ1) is 11.4. The Hall–Kier alpha value is -1.12. The minimum Gasteiger partial charge on any atom is -0.393 e. The molecule has 0 bridgehead atoms. The molecule has 0 radical (unpaired) electrons. The van der Waals surface area contributed by atoms with E-state index < -0.39 is 6.10 Å². The van der Waals surface area contributed by atoms with E-state index in [-0.39, 0.29) is 6.61 Å². The van der Waals surface area contributed by atoms with Gasteiger partial charge in [-0.2, -0.15) is 0 Å². The number of aliphatic hydroxyl groups excluding tert-OH is 2. The molecule has 82 valence electrons. The molecule has 0 aromatic carbocycles. The van der Waals surface area contributed by atoms with E-state index in [1.807, 2.05) is 23.6 Å². The van der Waals surface area contributed by atoms with Gasteiger partial charge < -0.3 is 10.2 Å². The van der Waals surface area contributed by atoms with Crippen LogP contribution < -0.4 is 0 Å². The first-order valence-electron chi connectivity index (χ1n) is 4.74. The van der Waals surface area contributed by atoms with E-state index in [0.29, 0.717) is 0 Å². The Bertz CT molecular complexity index is 503. The van der Waals surface area contributed by atoms with Crippen LogP contribution in [0.2, 0.25) is 0 Å². The van der Waals surface area contributed by atoms with Gasteiger partial charge in [0.25, 0.3) is 0 Å². The Kier molecular flexibility index (Phi) is 3.75. The second kappa shape index (κ2) is 5.28. The lowest BCUT2D eigenvalue weighted by Crippen LogP contribution is -2.07. The maximum atomic E-state index is 9.09. The highest BCUT2D eigenvalue weighted by molar-refractivity contribution is 7.21. The van der Waals surface area contributed by atoms with Gasteiger partial charge in [0.15, 0.2) is 0 Å². The summed E-state index contributed by atoms with van der Waals surface area (Å²) >= 11 is 3.28. The number of hydrogen-bond donors (Lipinski definition) is 2. The largest absolute Gasteiger partial charge is 0.393 e. The molecule has 2 rings (SSSR count). The zero-order chi connectivity index (χ0) is 11.4. The van der Waals surface area contributed by atoms with Crippen molar-refractivity contribution in [2.45, 2.75) is 6.10 Å². The van der Waals surface area contributed by atoms with Crippen LogP contribution in [0.4, 0.5) is 0 Å². The van der Waals surface area contributed by atoms with Crippen molar-refractivity contribution in [3.63, 3.8) is 0 Å². The van der Waals surface area contributed by atoms with Gasteiger partial charge in [0.05, 0.1) is 11.5 Å². The van der Waals surface area contributed by atoms with Gasteiger partial charge in [-0.05, 0) is 23.6 Å². The molecule has 2 N–H and O–H groups in total. The Morgan fingerprint density at radius 3 is 2.81 bits per heavy atom. The van der Waals surface area contributed by atoms with E-state index in [9.17, 15) is 0 Å². The minimum atomic E-state index is -0.952. The second-order valence-electron chi connectivity index (χ2n) is 3.11. The third-order valence-electron chi connectivity index (χ3n) is 1.90. The molecule has 2 heterocycles. The second-order valence-corrected chi connectivity index (χ2v) is 5.14. The van der Waals surface area contributed by atoms with Gasteiger partial charge in [0.2, 0.25) is 0 Å². The number of hydrogen-bond acceptors (Lipinski definition) is 4. The van der Waals surface area contributed by atoms with E-state index in [2.05, 4.69) is 17.9 Å². The van der Waals surface area contributed by atoms with E-state index in [0.717, 1.165) is 4.88 Å². The van der Waals surface area contributed by atoms with Crippen molar-refractivity contribution < 1.29 is 10.2 Å². The third-order valence-corrected chi connectivity index (χ3v) is 3.97. The summed E-state index contributed by atoms with van der Waals surface area (Å²) in [5.41, 5.74) is 0. The summed E-state index contributed by atoms with van der Waals surface area (Å²) in [6, 6.07) is 8.03. The van der Waals surface area contributed by atoms with Crippen LogP contribution in [0.25, 0.3) is 9.75 Å². The Labute approximate surface area is 102 Å². The summed E-state index contributed by atoms with van der Waals surface area (Å²) in [6.45, 7) is -0.323. The summed E-state index contributed by atoms with van der Waals surface area (Å²) in [6.07, 6.45) is -0.952. The lowest BCUT2D eigenvalue weighted by Gasteiger charge is -1.92. The van der Waals surface area contributed by atoms with Crippen molar-refractivity contribution in [2.24, 2.45) is 0 Å². The normalized spacial score (nSPS) is 11.9. The number of thiophene rings is 2. The summed E-state index contributed by atoms with van der Waals surface area (Å²) in [5, 5.41) is 19.8. The quantitative estimate of drug-likeness (QED) is 0.802. The zero-order valence-corrected chi connectivity index (χ0v) is 10.0. The van der Waals surface area contributed by atoms with Gasteiger partial charge in [-0.1, -0.05) is 17.9 Å². The third kappa shape index (κ3) is 2.71. The average Bonchev–Trinajstić information content (AvgIpc) is 2.95. The summed E-state index contributed by atoms with van der Waals surface area (Å²) in [4.78, 5) is 3.30. The molecular formula is C12H10O2S2. The topological polar surface area (TPSA) is 40.5 Å². The van der Waals surface area contributed by atoms with Gasteiger partial charge in [-0.25, -0.2) is 0 Å². The van der Waals surface area contributed by atoms with Gasteiger partial charge in [-0.3, -0.25) is 0 Å². The molecule has 2 aromatic rings. The molecule has 0 saturated heterocycles. The molecule has 0 saturated carbocycles. The van der Waals surface area contributed by atoms with Crippen LogP contribution in [0.1, 0.15) is 4.88 Å². The Balaban J connectivity index is 2.16. The number of aliphatic hydroxyl groups is 2. The van der Waals surface area contributed by atoms with Gasteiger partial charge in [0.1, 0.15) is 6.10 Å². The standard InChI is InChI=1S/C12H10O2S2/c13-8-9(14)3-4-10-5-6-12(16-10)11-2-1-7-15-11/h1-2,5-7,9,13-14H,8H2/t9-/m1/s1. The smallest absolute Gasteiger partial charge is 0.138 e. The van der Waals surface area contributed by atoms with Crippen molar-refractivity contribution >= 4 is 22.7 Å². The van der Waals surface area contributed by atoms with Crippen molar-refractivity contribution in [2.75, 3.05) is 6.61 Å². The van der Waals surface area contributed by atoms with Crippen LogP contribution >= 0.6 is 22.7 Å². The number of rotatable bonds is 2. The van der Waals surface area contributed by atoms with E-state index in [4.69, 9.17) is 10.2 Å². The molecule has 16 heavy (non-hydrogen) atoms. The molecule has 0 fully saturated rings. The fraction of sp³-hybridized carbons (Fsp3) is 0.167. The highest BCUT2D eigenvalue weighted by Crippen LogP contribution is 2.30. The predicted molar refractivity (Wildman–Crippen MR) is 67.6 cm³/mol. The lowest BCUT2D eigenvalue weighted by molar-refractivity contribution is 0.138. The molecule has 0 unspecified atom stereocenters. The van der Waals surface area contributed by atoms with E-state index in [1.54, 1.807) is 22.7 Å². The van der Waals surface area contributed by atoms with Crippen LogP contribution in [-0.2, 0) is 0 Å². The van der Waals surface area contributed by atoms with Crippen molar-refractivity contribution in [3.8, 4) is 21.6 Å². The van der Waals surface area contributed by atoms with Crippen LogP contribution in [0.15, 0.2) is 29.6 Å². The maximum Gasteiger partial charge on any atom is 0.138 e. The molecule has 4 heteroatoms. The van der Waals surface area contributed by atoms with Crippen LogP contribution in [-0.4, -0.2) is 22.9 Å². The first-order chi connectivity index (χ1) is 7.79. The van der Waals surface area contributed by atoms with E-state index in [1.165, 1.54) is 9.75 Å². The van der Waals surface area contributed by atoms with Crippen molar-refractivity contribution in [3.05, 3.63) is 34.5 Å². The first-order valence-corrected chi connectivity index (χ1v) is 6.43. The van der Waals surface area contributed by atoms with E-state index >= 15 is 0 Å². The van der Waals surface area contributed by atoms with Crippen LogP contribution in [0.5, 0.6) is 0 Å². The SMILES string of the molecule is OC[C@H](O)C#Cc1ccc(-c2cccs2)s1. The molecule has 0 aliphatic rings. The molecule has 0 aliphatic heterocycles. The molecule has 0 amide bonds. The lowest BCUT2D eigenvalue weighted by atomic mass is 10.3. The Morgan fingerprint density at radius 1 is 1.25 bits per heavy atom. The Morgan fingerprint density at radius 2 is 2.12 bits per heavy atom. The fourth-order valence-electron chi connectivity index (χ4n) is 1.16. The molecule has 1 atom stereocenters. The molecular weight excluding hydrogens is 240 g/mol. The minimum absolute atomic E-state index is 0.323. The van der Waals surface area contributed by atoms with Crippen molar-refractivity contribution in [1.82, 2.24) is 0 Å². The van der Waals surface area contributed by atoms with Gasteiger partial charge >= 0.3 is 0 Å². The average molecular weight is 250 g/mol. The molecule has 0 aliphatic carbocycles. The molecule has 2 nitrogen and oxygen atoms in total.